The molecule has 150 valence electrons. The van der Waals surface area contributed by atoms with E-state index < -0.39 is 0 Å². The van der Waals surface area contributed by atoms with E-state index in [1.54, 1.807) is 7.11 Å². The van der Waals surface area contributed by atoms with Crippen molar-refractivity contribution < 1.29 is 4.74 Å². The lowest BCUT2D eigenvalue weighted by Gasteiger charge is -2.12. The van der Waals surface area contributed by atoms with Crippen molar-refractivity contribution in [3.05, 3.63) is 60.4 Å². The molecule has 3 aromatic rings. The van der Waals surface area contributed by atoms with Crippen LogP contribution in [0.4, 0.5) is 0 Å². The van der Waals surface area contributed by atoms with Crippen LogP contribution in [0.5, 0.6) is 5.75 Å². The van der Waals surface area contributed by atoms with Crippen LogP contribution in [0.15, 0.2) is 59.9 Å². The van der Waals surface area contributed by atoms with E-state index >= 15 is 0 Å². The lowest BCUT2D eigenvalue weighted by molar-refractivity contribution is 0.414. The Kier molecular flexibility index (Phi) is 9.06. The van der Waals surface area contributed by atoms with Crippen LogP contribution >= 0.6 is 24.0 Å². The standard InChI is InChI=1S/C21H27N5O.HI/c1-3-22-21(24-15-17-8-6-9-18(14-17)27-2)23-12-7-13-26-16-25-19-10-4-5-11-20(19)26;/h4-6,8-11,14,16H,3,7,12-13,15H2,1-2H3,(H2,22,23,24);1H. The van der Waals surface area contributed by atoms with Gasteiger partial charge in [0.1, 0.15) is 5.75 Å². The average molecular weight is 493 g/mol. The first-order valence-corrected chi connectivity index (χ1v) is 9.35. The summed E-state index contributed by atoms with van der Waals surface area (Å²) in [7, 11) is 1.68. The summed E-state index contributed by atoms with van der Waals surface area (Å²) >= 11 is 0. The molecule has 0 radical (unpaired) electrons. The summed E-state index contributed by atoms with van der Waals surface area (Å²) in [5.74, 6) is 1.68. The van der Waals surface area contributed by atoms with Crippen LogP contribution in [0.1, 0.15) is 18.9 Å². The molecule has 7 heteroatoms. The van der Waals surface area contributed by atoms with Gasteiger partial charge >= 0.3 is 0 Å². The lowest BCUT2D eigenvalue weighted by Crippen LogP contribution is -2.38. The van der Waals surface area contributed by atoms with Crippen molar-refractivity contribution in [2.75, 3.05) is 20.2 Å². The maximum Gasteiger partial charge on any atom is 0.191 e. The minimum Gasteiger partial charge on any atom is -0.497 e. The normalized spacial score (nSPS) is 11.1. The van der Waals surface area contributed by atoms with Gasteiger partial charge in [0, 0.05) is 19.6 Å². The molecule has 6 nitrogen and oxygen atoms in total. The van der Waals surface area contributed by atoms with Gasteiger partial charge in [0.05, 0.1) is 31.0 Å². The summed E-state index contributed by atoms with van der Waals surface area (Å²) in [6, 6.07) is 16.2. The second kappa shape index (κ2) is 11.5. The van der Waals surface area contributed by atoms with Crippen molar-refractivity contribution in [3.63, 3.8) is 0 Å². The number of para-hydroxylation sites is 2. The number of benzene rings is 2. The van der Waals surface area contributed by atoms with Crippen molar-refractivity contribution in [1.29, 1.82) is 0 Å². The first-order chi connectivity index (χ1) is 13.3. The Balaban J connectivity index is 0.00000280. The zero-order valence-electron chi connectivity index (χ0n) is 16.4. The van der Waals surface area contributed by atoms with Gasteiger partial charge in [0.2, 0.25) is 0 Å². The third-order valence-electron chi connectivity index (χ3n) is 4.29. The molecule has 0 saturated carbocycles. The first-order valence-electron chi connectivity index (χ1n) is 9.35. The Labute approximate surface area is 183 Å². The number of fused-ring (bicyclic) bond motifs is 1. The third-order valence-corrected chi connectivity index (χ3v) is 4.29. The number of methoxy groups -OCH3 is 1. The molecule has 0 amide bonds. The second-order valence-corrected chi connectivity index (χ2v) is 6.25. The van der Waals surface area contributed by atoms with Gasteiger partial charge in [-0.25, -0.2) is 9.98 Å². The number of aryl methyl sites for hydroxylation is 1. The van der Waals surface area contributed by atoms with Crippen LogP contribution < -0.4 is 15.4 Å². The summed E-state index contributed by atoms with van der Waals surface area (Å²) in [6.45, 7) is 5.27. The van der Waals surface area contributed by atoms with Gasteiger partial charge in [-0.15, -0.1) is 24.0 Å². The van der Waals surface area contributed by atoms with Crippen LogP contribution in [-0.4, -0.2) is 35.7 Å². The number of aliphatic imine (C=N–C) groups is 1. The molecule has 0 bridgehead atoms. The largest absolute Gasteiger partial charge is 0.497 e. The molecule has 0 saturated heterocycles. The maximum atomic E-state index is 5.27. The second-order valence-electron chi connectivity index (χ2n) is 6.25. The lowest BCUT2D eigenvalue weighted by atomic mass is 10.2. The van der Waals surface area contributed by atoms with E-state index in [1.807, 2.05) is 42.7 Å². The van der Waals surface area contributed by atoms with Crippen molar-refractivity contribution in [1.82, 2.24) is 20.2 Å². The van der Waals surface area contributed by atoms with Gasteiger partial charge in [0.15, 0.2) is 5.96 Å². The highest BCUT2D eigenvalue weighted by Crippen LogP contribution is 2.13. The quantitative estimate of drug-likeness (QED) is 0.217. The van der Waals surface area contributed by atoms with Crippen LogP contribution in [0.25, 0.3) is 11.0 Å². The Morgan fingerprint density at radius 1 is 1.14 bits per heavy atom. The Hall–Kier alpha value is -2.29. The number of imidazole rings is 1. The zero-order valence-corrected chi connectivity index (χ0v) is 18.7. The number of rotatable bonds is 8. The highest BCUT2D eigenvalue weighted by Gasteiger charge is 2.02. The summed E-state index contributed by atoms with van der Waals surface area (Å²) in [6.07, 6.45) is 2.90. The van der Waals surface area contributed by atoms with Gasteiger partial charge < -0.3 is 19.9 Å². The van der Waals surface area contributed by atoms with E-state index in [4.69, 9.17) is 4.74 Å². The van der Waals surface area contributed by atoms with Gasteiger partial charge in [0.25, 0.3) is 0 Å². The van der Waals surface area contributed by atoms with E-state index in [-0.39, 0.29) is 24.0 Å². The number of hydrogen-bond acceptors (Lipinski definition) is 3. The predicted molar refractivity (Wildman–Crippen MR) is 126 cm³/mol. The molecule has 1 heterocycles. The molecular weight excluding hydrogens is 465 g/mol. The molecule has 0 aliphatic carbocycles. The van der Waals surface area contributed by atoms with Crippen LogP contribution in [0.2, 0.25) is 0 Å². The van der Waals surface area contributed by atoms with E-state index in [0.717, 1.165) is 48.8 Å². The summed E-state index contributed by atoms with van der Waals surface area (Å²) in [5, 5.41) is 6.70. The molecule has 28 heavy (non-hydrogen) atoms. The number of guanidine groups is 1. The molecule has 0 atom stereocenters. The minimum atomic E-state index is 0. The molecule has 0 spiro atoms. The molecule has 2 aromatic carbocycles. The number of halogens is 1. The maximum absolute atomic E-state index is 5.27. The highest BCUT2D eigenvalue weighted by atomic mass is 127. The van der Waals surface area contributed by atoms with Gasteiger partial charge in [-0.3, -0.25) is 0 Å². The Morgan fingerprint density at radius 3 is 2.82 bits per heavy atom. The van der Waals surface area contributed by atoms with Gasteiger partial charge in [-0.1, -0.05) is 24.3 Å². The fourth-order valence-electron chi connectivity index (χ4n) is 2.93. The van der Waals surface area contributed by atoms with Gasteiger partial charge in [-0.2, -0.15) is 0 Å². The van der Waals surface area contributed by atoms with Crippen LogP contribution in [0.3, 0.4) is 0 Å². The topological polar surface area (TPSA) is 63.5 Å². The average Bonchev–Trinajstić information content (AvgIpc) is 3.12. The van der Waals surface area contributed by atoms with Crippen molar-refractivity contribution >= 4 is 41.0 Å². The summed E-state index contributed by atoms with van der Waals surface area (Å²) in [5.41, 5.74) is 3.34. The van der Waals surface area contributed by atoms with Crippen LogP contribution in [-0.2, 0) is 13.1 Å². The third kappa shape index (κ3) is 6.12. The summed E-state index contributed by atoms with van der Waals surface area (Å²) in [4.78, 5) is 9.10. The van der Waals surface area contributed by atoms with E-state index in [2.05, 4.69) is 44.2 Å². The number of hydrogen-bond donors (Lipinski definition) is 2. The first kappa shape index (κ1) is 22.0. The van der Waals surface area contributed by atoms with Crippen molar-refractivity contribution in [2.45, 2.75) is 26.4 Å². The monoisotopic (exact) mass is 493 g/mol. The number of nitrogens with zero attached hydrogens (tertiary/aromatic N) is 3. The van der Waals surface area contributed by atoms with E-state index in [0.29, 0.717) is 6.54 Å². The minimum absolute atomic E-state index is 0. The molecule has 0 aliphatic rings. The van der Waals surface area contributed by atoms with Gasteiger partial charge in [-0.05, 0) is 43.2 Å². The molecule has 0 aliphatic heterocycles. The molecule has 0 fully saturated rings. The highest BCUT2D eigenvalue weighted by molar-refractivity contribution is 14.0. The van der Waals surface area contributed by atoms with Crippen molar-refractivity contribution in [3.8, 4) is 5.75 Å². The Morgan fingerprint density at radius 2 is 2.00 bits per heavy atom. The SMILES string of the molecule is CCNC(=NCc1cccc(OC)c1)NCCCn1cnc2ccccc21.I. The molecule has 2 N–H and O–H groups in total. The van der Waals surface area contributed by atoms with E-state index in [9.17, 15) is 0 Å². The number of nitrogens with one attached hydrogen (secondary N) is 2. The van der Waals surface area contributed by atoms with Crippen LogP contribution in [0, 0.1) is 0 Å². The fraction of sp³-hybridized carbons (Fsp3) is 0.333. The van der Waals surface area contributed by atoms with Crippen molar-refractivity contribution in [2.24, 2.45) is 4.99 Å². The Bertz CT molecular complexity index is 893. The molecule has 1 aromatic heterocycles. The molecule has 0 unspecified atom stereocenters. The number of ether oxygens (including phenoxy) is 1. The molecular formula is C21H28IN5O. The zero-order chi connectivity index (χ0) is 18.9. The fourth-order valence-corrected chi connectivity index (χ4v) is 2.93. The van der Waals surface area contributed by atoms with E-state index in [1.165, 1.54) is 5.52 Å². The smallest absolute Gasteiger partial charge is 0.191 e. The number of aromatic nitrogens is 2. The summed E-state index contributed by atoms with van der Waals surface area (Å²) < 4.78 is 7.46. The molecule has 3 rings (SSSR count). The predicted octanol–water partition coefficient (Wildman–Crippen LogP) is 3.81.